The van der Waals surface area contributed by atoms with Crippen molar-refractivity contribution in [3.05, 3.63) is 0 Å². The fourth-order valence-corrected chi connectivity index (χ4v) is 4.15. The summed E-state index contributed by atoms with van der Waals surface area (Å²) >= 11 is -3.06. The summed E-state index contributed by atoms with van der Waals surface area (Å²) in [5.74, 6) is -1.46. The number of aliphatic carboxylic acids is 1. The van der Waals surface area contributed by atoms with E-state index in [0.717, 1.165) is 0 Å². The van der Waals surface area contributed by atoms with Crippen LogP contribution in [0, 0.1) is 0 Å². The van der Waals surface area contributed by atoms with Gasteiger partial charge in [0.15, 0.2) is 0 Å². The van der Waals surface area contributed by atoms with Crippen LogP contribution in [0.5, 0.6) is 0 Å². The second kappa shape index (κ2) is 6.39. The van der Waals surface area contributed by atoms with Crippen LogP contribution >= 0.6 is 0 Å². The van der Waals surface area contributed by atoms with Gasteiger partial charge in [-0.15, -0.1) is 0 Å². The third-order valence-corrected chi connectivity index (χ3v) is 5.24. The van der Waals surface area contributed by atoms with Gasteiger partial charge in [-0.1, -0.05) is 0 Å². The number of aliphatic hydroxyl groups excluding tert-OH is 3. The molecule has 1 aliphatic heterocycles. The van der Waals surface area contributed by atoms with E-state index in [1.807, 2.05) is 0 Å². The summed E-state index contributed by atoms with van der Waals surface area (Å²) in [6.45, 7) is -0.572. The van der Waals surface area contributed by atoms with Crippen molar-refractivity contribution in [2.75, 3.05) is 6.61 Å². The van der Waals surface area contributed by atoms with E-state index in [4.69, 9.17) is 19.7 Å². The zero-order chi connectivity index (χ0) is 14.8. The molecule has 1 saturated heterocycles. The Kier molecular flexibility index (Phi) is 5.61. The summed E-state index contributed by atoms with van der Waals surface area (Å²) in [5.41, 5.74) is 3.17. The zero-order valence-corrected chi connectivity index (χ0v) is 12.5. The minimum atomic E-state index is -3.06. The van der Waals surface area contributed by atoms with Crippen LogP contribution in [-0.2, 0) is 18.0 Å². The molecule has 1 aliphatic rings. The number of aliphatic hydroxyl groups is 3. The molecule has 9 heteroatoms. The third kappa shape index (κ3) is 4.90. The number of carbonyl (C=O) groups is 1. The van der Waals surface area contributed by atoms with E-state index in [9.17, 15) is 18.7 Å². The van der Waals surface area contributed by atoms with Crippen LogP contribution in [0.2, 0.25) is 16.6 Å². The first kappa shape index (κ1) is 16.7. The monoisotopic (exact) mass is 342 g/mol. The van der Waals surface area contributed by atoms with E-state index in [1.54, 1.807) is 11.4 Å². The van der Waals surface area contributed by atoms with Crippen molar-refractivity contribution in [3.63, 3.8) is 0 Å². The Hall–Kier alpha value is -0.372. The fraction of sp³-hybridized carbons (Fsp3) is 0.900. The van der Waals surface area contributed by atoms with Gasteiger partial charge in [0.05, 0.1) is 0 Å². The molecule has 0 amide bonds. The van der Waals surface area contributed by atoms with Gasteiger partial charge in [0, 0.05) is 0 Å². The molecule has 1 heterocycles. The van der Waals surface area contributed by atoms with Crippen molar-refractivity contribution in [1.82, 2.24) is 0 Å². The van der Waals surface area contributed by atoms with E-state index in [-0.39, 0.29) is 5.21 Å². The van der Waals surface area contributed by atoms with Crippen molar-refractivity contribution in [1.29, 1.82) is 0 Å². The van der Waals surface area contributed by atoms with Crippen molar-refractivity contribution in [2.45, 2.75) is 47.3 Å². The minimum absolute atomic E-state index is 0.137. The predicted molar refractivity (Wildman–Crippen MR) is 63.2 cm³/mol. The van der Waals surface area contributed by atoms with Gasteiger partial charge in [0.1, 0.15) is 0 Å². The van der Waals surface area contributed by atoms with Crippen LogP contribution in [0.1, 0.15) is 0 Å². The first-order valence-electron chi connectivity index (χ1n) is 5.70. The van der Waals surface area contributed by atoms with Crippen LogP contribution in [0.25, 0.3) is 0 Å². The molecule has 0 aromatic heterocycles. The molecule has 8 nitrogen and oxygen atoms in total. The molecule has 0 spiro atoms. The standard InChI is InChI=1S/C10H19AsO8/c1-11(2,17)3-6-7(13)8(14)10(19-6)18-4-5(12)9(15)16/h5-8,10,12-14H,3-4H2,1-2H3,(H,15,16)/t5?,6-,7-,8-,10+/m1/s1. The Labute approximate surface area is 112 Å². The average Bonchev–Trinajstić information content (AvgIpc) is 2.52. The van der Waals surface area contributed by atoms with Gasteiger partial charge in [-0.25, -0.2) is 0 Å². The van der Waals surface area contributed by atoms with Crippen LogP contribution in [0.4, 0.5) is 0 Å². The first-order valence-corrected chi connectivity index (χ1v) is 11.5. The van der Waals surface area contributed by atoms with Gasteiger partial charge < -0.3 is 0 Å². The Morgan fingerprint density at radius 2 is 1.95 bits per heavy atom. The molecule has 0 saturated carbocycles. The van der Waals surface area contributed by atoms with E-state index < -0.39 is 56.8 Å². The van der Waals surface area contributed by atoms with E-state index >= 15 is 0 Å². The molecule has 0 aromatic rings. The molecule has 1 rings (SSSR count). The normalized spacial score (nSPS) is 33.3. The zero-order valence-electron chi connectivity index (χ0n) is 10.7. The number of carboxylic acids is 1. The van der Waals surface area contributed by atoms with Gasteiger partial charge in [-0.3, -0.25) is 0 Å². The summed E-state index contributed by atoms with van der Waals surface area (Å²) < 4.78 is 21.8. The van der Waals surface area contributed by atoms with Crippen molar-refractivity contribution >= 4 is 19.5 Å². The summed E-state index contributed by atoms with van der Waals surface area (Å²) in [7, 11) is 0. The first-order chi connectivity index (χ1) is 8.61. The molecule has 112 valence electrons. The third-order valence-electron chi connectivity index (χ3n) is 2.64. The second-order valence-corrected chi connectivity index (χ2v) is 12.3. The summed E-state index contributed by atoms with van der Waals surface area (Å²) in [5, 5.41) is 37.0. The fourth-order valence-electron chi connectivity index (χ4n) is 1.69. The van der Waals surface area contributed by atoms with Gasteiger partial charge in [-0.05, 0) is 0 Å². The quantitative estimate of drug-likeness (QED) is 0.430. The Balaban J connectivity index is 2.54. The topological polar surface area (TPSA) is 134 Å². The number of hydrogen-bond donors (Lipinski definition) is 4. The number of hydrogen-bond acceptors (Lipinski definition) is 7. The number of ether oxygens (including phenoxy) is 2. The molecule has 1 fully saturated rings. The maximum atomic E-state index is 11.7. The van der Waals surface area contributed by atoms with Crippen LogP contribution in [-0.4, -0.2) is 77.2 Å². The summed E-state index contributed by atoms with van der Waals surface area (Å²) in [6.07, 6.45) is -6.41. The number of carboxylic acid groups (broad SMARTS) is 1. The van der Waals surface area contributed by atoms with Crippen molar-refractivity contribution < 1.29 is 38.4 Å². The van der Waals surface area contributed by atoms with Gasteiger partial charge in [0.2, 0.25) is 0 Å². The Bertz CT molecular complexity index is 367. The molecule has 5 atom stereocenters. The van der Waals surface area contributed by atoms with Gasteiger partial charge in [0.25, 0.3) is 0 Å². The molecule has 0 aromatic carbocycles. The summed E-state index contributed by atoms with van der Waals surface area (Å²) in [6, 6.07) is 0. The number of rotatable bonds is 6. The van der Waals surface area contributed by atoms with E-state index in [1.165, 1.54) is 0 Å². The molecule has 0 bridgehead atoms. The molecule has 4 N–H and O–H groups in total. The summed E-state index contributed by atoms with van der Waals surface area (Å²) in [4.78, 5) is 10.4. The molecule has 1 unspecified atom stereocenters. The van der Waals surface area contributed by atoms with Crippen LogP contribution in [0.3, 0.4) is 0 Å². The van der Waals surface area contributed by atoms with Gasteiger partial charge >= 0.3 is 112 Å². The SMILES string of the molecule is C[As](C)(=O)C[C@H]1O[C@H](OCC(O)C(=O)O)[C@H](O)[C@@H]1O. The molecular formula is C10H19AsO8. The maximum absolute atomic E-state index is 11.7. The molecule has 0 radical (unpaired) electrons. The van der Waals surface area contributed by atoms with Crippen LogP contribution in [0.15, 0.2) is 0 Å². The van der Waals surface area contributed by atoms with E-state index in [0.29, 0.717) is 0 Å². The van der Waals surface area contributed by atoms with Crippen molar-refractivity contribution in [2.24, 2.45) is 0 Å². The van der Waals surface area contributed by atoms with Crippen LogP contribution < -0.4 is 0 Å². The Morgan fingerprint density at radius 3 is 2.42 bits per heavy atom. The second-order valence-electron chi connectivity index (χ2n) is 4.97. The molecule has 0 aliphatic carbocycles. The molecular weight excluding hydrogens is 323 g/mol. The van der Waals surface area contributed by atoms with Crippen molar-refractivity contribution in [3.8, 4) is 0 Å². The average molecular weight is 342 g/mol. The Morgan fingerprint density at radius 1 is 1.37 bits per heavy atom. The predicted octanol–water partition coefficient (Wildman–Crippen LogP) is -1.47. The molecule has 19 heavy (non-hydrogen) atoms. The van der Waals surface area contributed by atoms with E-state index in [2.05, 4.69) is 0 Å². The van der Waals surface area contributed by atoms with Gasteiger partial charge in [-0.2, -0.15) is 0 Å².